The van der Waals surface area contributed by atoms with Crippen LogP contribution in [0, 0.1) is 13.8 Å². The topological polar surface area (TPSA) is 6.48 Å². The summed E-state index contributed by atoms with van der Waals surface area (Å²) in [6, 6.07) is 16.2. The van der Waals surface area contributed by atoms with Crippen molar-refractivity contribution in [3.63, 3.8) is 0 Å². The molecule has 0 aliphatic rings. The number of benzene rings is 2. The fourth-order valence-corrected chi connectivity index (χ4v) is 1.89. The number of rotatable bonds is 2. The maximum absolute atomic E-state index is 3.90. The molecule has 0 amide bonds. The second-order valence-electron chi connectivity index (χ2n) is 5.05. The van der Waals surface area contributed by atoms with Crippen molar-refractivity contribution >= 4 is 11.4 Å². The van der Waals surface area contributed by atoms with E-state index in [1.54, 1.807) is 0 Å². The first-order valence-corrected chi connectivity index (χ1v) is 6.60. The Morgan fingerprint density at radius 3 is 1.10 bits per heavy atom. The first kappa shape index (κ1) is 19.7. The zero-order chi connectivity index (χ0) is 15.1. The van der Waals surface area contributed by atoms with E-state index in [2.05, 4.69) is 35.8 Å². The van der Waals surface area contributed by atoms with Crippen molar-refractivity contribution in [3.05, 3.63) is 73.5 Å². The van der Waals surface area contributed by atoms with E-state index in [4.69, 9.17) is 0 Å². The third-order valence-corrected chi connectivity index (χ3v) is 2.95. The summed E-state index contributed by atoms with van der Waals surface area (Å²) in [5, 5.41) is 0. The Morgan fingerprint density at radius 1 is 0.619 bits per heavy atom. The maximum atomic E-state index is 3.90. The molecule has 0 bridgehead atoms. The first-order chi connectivity index (χ1) is 9.43. The van der Waals surface area contributed by atoms with Gasteiger partial charge in [0.25, 0.3) is 0 Å². The molecule has 0 spiro atoms. The van der Waals surface area contributed by atoms with Crippen molar-refractivity contribution in [2.45, 2.75) is 0 Å². The minimum absolute atomic E-state index is 0. The van der Waals surface area contributed by atoms with Gasteiger partial charge in [0.15, 0.2) is 0 Å². The molecule has 111 valence electrons. The molecule has 0 aromatic heterocycles. The summed E-state index contributed by atoms with van der Waals surface area (Å²) in [6.45, 7) is 7.80. The zero-order valence-corrected chi connectivity index (χ0v) is 15.3. The fraction of sp³-hybridized carbons (Fsp3) is 0.222. The van der Waals surface area contributed by atoms with Gasteiger partial charge in [0, 0.05) is 25.8 Å². The molecule has 2 nitrogen and oxygen atoms in total. The molecular formula is C18H24N2Sc-2. The van der Waals surface area contributed by atoms with E-state index < -0.39 is 0 Å². The Balaban J connectivity index is 0.000000364. The van der Waals surface area contributed by atoms with Crippen molar-refractivity contribution in [1.29, 1.82) is 0 Å². The molecule has 2 rings (SSSR count). The van der Waals surface area contributed by atoms with Crippen molar-refractivity contribution in [1.82, 2.24) is 0 Å². The minimum Gasteiger partial charge on any atom is -0.428 e. The van der Waals surface area contributed by atoms with Crippen molar-refractivity contribution in [2.75, 3.05) is 38.0 Å². The van der Waals surface area contributed by atoms with E-state index >= 15 is 0 Å². The van der Waals surface area contributed by atoms with Crippen LogP contribution in [0.5, 0.6) is 0 Å². The van der Waals surface area contributed by atoms with Gasteiger partial charge in [-0.15, -0.1) is 12.1 Å². The van der Waals surface area contributed by atoms with Crippen molar-refractivity contribution in [3.8, 4) is 0 Å². The average Bonchev–Trinajstić information content (AvgIpc) is 2.40. The molecule has 1 radical (unpaired) electrons. The van der Waals surface area contributed by atoms with Crippen LogP contribution >= 0.6 is 0 Å². The Bertz CT molecular complexity index is 487. The van der Waals surface area contributed by atoms with E-state index in [-0.39, 0.29) is 25.8 Å². The van der Waals surface area contributed by atoms with Crippen LogP contribution in [0.3, 0.4) is 0 Å². The number of hydrogen-bond donors (Lipinski definition) is 0. The molecule has 21 heavy (non-hydrogen) atoms. The molecule has 0 unspecified atom stereocenters. The van der Waals surface area contributed by atoms with Crippen LogP contribution in [0.4, 0.5) is 11.4 Å². The number of nitrogens with zero attached hydrogens (tertiary/aromatic N) is 2. The fourth-order valence-electron chi connectivity index (χ4n) is 1.89. The summed E-state index contributed by atoms with van der Waals surface area (Å²) in [7, 11) is 8.07. The largest absolute Gasteiger partial charge is 0.428 e. The second kappa shape index (κ2) is 9.56. The first-order valence-electron chi connectivity index (χ1n) is 6.60. The summed E-state index contributed by atoms with van der Waals surface area (Å²) in [4.78, 5) is 4.12. The number of para-hydroxylation sites is 2. The standard InChI is InChI=1S/2C9H12N.Sc/c2*1-8-6-4-5-7-9(8)10(2)3;/h2*4-7H,1H2,2-3H3;/q2*-1;. The van der Waals surface area contributed by atoms with Gasteiger partial charge in [-0.1, -0.05) is 35.6 Å². The van der Waals surface area contributed by atoms with Gasteiger partial charge in [-0.2, -0.15) is 37.1 Å². The predicted molar refractivity (Wildman–Crippen MR) is 90.5 cm³/mol. The number of hydrogen-bond acceptors (Lipinski definition) is 2. The number of anilines is 2. The average molecular weight is 313 g/mol. The quantitative estimate of drug-likeness (QED) is 0.777. The summed E-state index contributed by atoms with van der Waals surface area (Å²) < 4.78 is 0. The van der Waals surface area contributed by atoms with Gasteiger partial charge < -0.3 is 9.80 Å². The molecular weight excluding hydrogens is 289 g/mol. The monoisotopic (exact) mass is 313 g/mol. The molecule has 0 fully saturated rings. The normalized spacial score (nSPS) is 8.95. The van der Waals surface area contributed by atoms with Crippen LogP contribution in [-0.4, -0.2) is 28.2 Å². The van der Waals surface area contributed by atoms with E-state index in [9.17, 15) is 0 Å². The summed E-state index contributed by atoms with van der Waals surface area (Å²) >= 11 is 0. The predicted octanol–water partition coefficient (Wildman–Crippen LogP) is 3.87. The maximum Gasteiger partial charge on any atom is 0 e. The van der Waals surface area contributed by atoms with Crippen LogP contribution in [-0.2, 0) is 25.8 Å². The SMILES string of the molecule is [CH2-]c1ccccc1N(C)C.[CH2-]c1ccccc1N(C)C.[Sc]. The molecule has 0 aliphatic heterocycles. The minimum atomic E-state index is 0. The Morgan fingerprint density at radius 2 is 0.905 bits per heavy atom. The Hall–Kier alpha value is -1.35. The van der Waals surface area contributed by atoms with Crippen LogP contribution in [0.15, 0.2) is 48.5 Å². The third-order valence-electron chi connectivity index (χ3n) is 2.95. The summed E-state index contributed by atoms with van der Waals surface area (Å²) in [5.41, 5.74) is 4.52. The van der Waals surface area contributed by atoms with Gasteiger partial charge in [0.1, 0.15) is 0 Å². The van der Waals surface area contributed by atoms with Crippen molar-refractivity contribution in [2.24, 2.45) is 0 Å². The van der Waals surface area contributed by atoms with Crippen molar-refractivity contribution < 1.29 is 25.8 Å². The Kier molecular flexibility index (Phi) is 8.95. The molecule has 0 heterocycles. The van der Waals surface area contributed by atoms with Gasteiger partial charge in [-0.05, 0) is 28.2 Å². The molecule has 3 heteroatoms. The van der Waals surface area contributed by atoms with Gasteiger partial charge >= 0.3 is 0 Å². The smallest absolute Gasteiger partial charge is 0 e. The Labute approximate surface area is 148 Å². The van der Waals surface area contributed by atoms with Crippen LogP contribution in [0.1, 0.15) is 11.1 Å². The van der Waals surface area contributed by atoms with E-state index in [0.29, 0.717) is 0 Å². The van der Waals surface area contributed by atoms with Gasteiger partial charge in [-0.3, -0.25) is 0 Å². The summed E-state index contributed by atoms with van der Waals surface area (Å²) in [5.74, 6) is 0. The second-order valence-corrected chi connectivity index (χ2v) is 5.05. The van der Waals surface area contributed by atoms with E-state index in [1.807, 2.05) is 64.6 Å². The molecule has 0 atom stereocenters. The molecule has 2 aromatic rings. The van der Waals surface area contributed by atoms with E-state index in [1.165, 1.54) is 11.4 Å². The van der Waals surface area contributed by atoms with Crippen LogP contribution < -0.4 is 9.80 Å². The van der Waals surface area contributed by atoms with Crippen LogP contribution in [0.25, 0.3) is 0 Å². The van der Waals surface area contributed by atoms with Gasteiger partial charge in [0.05, 0.1) is 0 Å². The molecule has 0 N–H and O–H groups in total. The molecule has 0 saturated heterocycles. The third kappa shape index (κ3) is 6.30. The van der Waals surface area contributed by atoms with Crippen LogP contribution in [0.2, 0.25) is 0 Å². The van der Waals surface area contributed by atoms with Gasteiger partial charge in [0.2, 0.25) is 0 Å². The zero-order valence-electron chi connectivity index (χ0n) is 13.5. The molecule has 2 aromatic carbocycles. The molecule has 0 aliphatic carbocycles. The van der Waals surface area contributed by atoms with Gasteiger partial charge in [-0.25, -0.2) is 0 Å². The summed E-state index contributed by atoms with van der Waals surface area (Å²) in [6.07, 6.45) is 0. The molecule has 0 saturated carbocycles. The van der Waals surface area contributed by atoms with E-state index in [0.717, 1.165) is 11.1 Å².